The maximum atomic E-state index is 13.0. The molecule has 0 aliphatic carbocycles. The van der Waals surface area contributed by atoms with E-state index in [2.05, 4.69) is 10.0 Å². The van der Waals surface area contributed by atoms with Crippen molar-refractivity contribution in [3.05, 3.63) is 90.0 Å². The van der Waals surface area contributed by atoms with Gasteiger partial charge in [-0.1, -0.05) is 48.0 Å². The molecule has 0 aliphatic rings. The third kappa shape index (κ3) is 6.18. The number of amides is 1. The van der Waals surface area contributed by atoms with Crippen LogP contribution in [-0.2, 0) is 24.8 Å². The van der Waals surface area contributed by atoms with E-state index in [1.165, 1.54) is 49.6 Å². The van der Waals surface area contributed by atoms with Crippen LogP contribution in [0.15, 0.2) is 89.8 Å². The van der Waals surface area contributed by atoms with Gasteiger partial charge in [-0.25, -0.2) is 16.8 Å². The first-order valence-corrected chi connectivity index (χ1v) is 14.9. The smallest absolute Gasteiger partial charge is 0.261 e. The molecule has 198 valence electrons. The van der Waals surface area contributed by atoms with Gasteiger partial charge in [0.2, 0.25) is 15.9 Å². The molecule has 12 heteroatoms. The summed E-state index contributed by atoms with van der Waals surface area (Å²) in [5.74, 6) is -0.428. The fraction of sp³-hybridized carbons (Fsp3) is 0.115. The lowest BCUT2D eigenvalue weighted by atomic mass is 10.1. The molecule has 38 heavy (non-hydrogen) atoms. The van der Waals surface area contributed by atoms with Crippen molar-refractivity contribution in [2.75, 3.05) is 34.3 Å². The van der Waals surface area contributed by atoms with Crippen molar-refractivity contribution in [3.8, 4) is 5.75 Å². The molecule has 1 amide bonds. The van der Waals surface area contributed by atoms with Crippen LogP contribution in [0, 0.1) is 0 Å². The molecule has 4 aromatic carbocycles. The molecule has 0 unspecified atom stereocenters. The molecule has 0 saturated heterocycles. The number of halogens is 1. The molecule has 0 spiro atoms. The van der Waals surface area contributed by atoms with Gasteiger partial charge in [-0.2, -0.15) is 0 Å². The van der Waals surface area contributed by atoms with Crippen LogP contribution in [0.1, 0.15) is 0 Å². The maximum Gasteiger partial charge on any atom is 0.261 e. The van der Waals surface area contributed by atoms with Crippen LogP contribution in [0.3, 0.4) is 0 Å². The number of fused-ring (bicyclic) bond motifs is 1. The standard InChI is InChI=1S/C26H24ClN3O6S2/c1-36-25-15-10-19(27)16-24(25)30(37(2,32)33)17-26(31)28-20-11-13-21(14-12-20)38(34,35)29-23-9-5-7-18-6-3-4-8-22(18)23/h3-16,29H,17H2,1-2H3,(H,28,31). The number of sulfonamides is 2. The molecule has 0 saturated carbocycles. The first kappa shape index (κ1) is 27.2. The zero-order valence-corrected chi connectivity index (χ0v) is 22.8. The van der Waals surface area contributed by atoms with Gasteiger partial charge in [0.05, 0.1) is 29.6 Å². The Kier molecular flexibility index (Phi) is 7.81. The monoisotopic (exact) mass is 573 g/mol. The maximum absolute atomic E-state index is 13.0. The lowest BCUT2D eigenvalue weighted by molar-refractivity contribution is -0.114. The lowest BCUT2D eigenvalue weighted by Crippen LogP contribution is -2.37. The Labute approximate surface area is 226 Å². The Morgan fingerprint density at radius 3 is 2.29 bits per heavy atom. The SMILES string of the molecule is COc1ccc(Cl)cc1N(CC(=O)Nc1ccc(S(=O)(=O)Nc2cccc3ccccc23)cc1)S(C)(=O)=O. The molecular formula is C26H24ClN3O6S2. The number of nitrogens with zero attached hydrogens (tertiary/aromatic N) is 1. The molecule has 0 bridgehead atoms. The molecule has 0 fully saturated rings. The second-order valence-electron chi connectivity index (χ2n) is 8.29. The van der Waals surface area contributed by atoms with Gasteiger partial charge in [0.1, 0.15) is 12.3 Å². The van der Waals surface area contributed by atoms with Crippen LogP contribution in [0.4, 0.5) is 17.1 Å². The highest BCUT2D eigenvalue weighted by Gasteiger charge is 2.24. The summed E-state index contributed by atoms with van der Waals surface area (Å²) in [5.41, 5.74) is 0.835. The second-order valence-corrected chi connectivity index (χ2v) is 12.3. The van der Waals surface area contributed by atoms with Crippen LogP contribution in [0.2, 0.25) is 5.02 Å². The average molecular weight is 574 g/mol. The van der Waals surface area contributed by atoms with E-state index in [1.807, 2.05) is 30.3 Å². The Balaban J connectivity index is 1.50. The summed E-state index contributed by atoms with van der Waals surface area (Å²) in [4.78, 5) is 12.7. The van der Waals surface area contributed by atoms with Crippen molar-refractivity contribution in [1.29, 1.82) is 0 Å². The van der Waals surface area contributed by atoms with Gasteiger partial charge in [-0.05, 0) is 53.9 Å². The quantitative estimate of drug-likeness (QED) is 0.299. The van der Waals surface area contributed by atoms with Crippen molar-refractivity contribution < 1.29 is 26.4 Å². The fourth-order valence-electron chi connectivity index (χ4n) is 3.81. The molecule has 4 rings (SSSR count). The summed E-state index contributed by atoms with van der Waals surface area (Å²) in [6.45, 7) is -0.557. The van der Waals surface area contributed by atoms with Crippen LogP contribution < -0.4 is 19.1 Å². The average Bonchev–Trinajstić information content (AvgIpc) is 2.87. The minimum atomic E-state index is -3.91. The highest BCUT2D eigenvalue weighted by atomic mass is 35.5. The number of hydrogen-bond donors (Lipinski definition) is 2. The van der Waals surface area contributed by atoms with E-state index in [4.69, 9.17) is 16.3 Å². The zero-order valence-electron chi connectivity index (χ0n) is 20.4. The predicted molar refractivity (Wildman–Crippen MR) is 150 cm³/mol. The van der Waals surface area contributed by atoms with Gasteiger partial charge in [0, 0.05) is 16.1 Å². The van der Waals surface area contributed by atoms with Gasteiger partial charge < -0.3 is 10.1 Å². The zero-order chi connectivity index (χ0) is 27.5. The molecule has 4 aromatic rings. The number of methoxy groups -OCH3 is 1. The molecule has 9 nitrogen and oxygen atoms in total. The summed E-state index contributed by atoms with van der Waals surface area (Å²) >= 11 is 6.03. The largest absolute Gasteiger partial charge is 0.495 e. The molecule has 0 atom stereocenters. The van der Waals surface area contributed by atoms with Gasteiger partial charge in [0.15, 0.2) is 0 Å². The number of hydrogen-bond acceptors (Lipinski definition) is 6. The van der Waals surface area contributed by atoms with Crippen LogP contribution in [0.5, 0.6) is 5.75 Å². The van der Waals surface area contributed by atoms with E-state index in [1.54, 1.807) is 12.1 Å². The Hall–Kier alpha value is -3.80. The first-order valence-electron chi connectivity index (χ1n) is 11.2. The molecule has 2 N–H and O–H groups in total. The second kappa shape index (κ2) is 10.9. The molecule has 0 aromatic heterocycles. The number of rotatable bonds is 9. The topological polar surface area (TPSA) is 122 Å². The number of carbonyl (C=O) groups is 1. The summed E-state index contributed by atoms with van der Waals surface area (Å²) in [6, 6.07) is 22.7. The summed E-state index contributed by atoms with van der Waals surface area (Å²) in [5, 5.41) is 4.50. The normalized spacial score (nSPS) is 11.7. The number of benzene rings is 4. The van der Waals surface area contributed by atoms with Crippen molar-refractivity contribution in [2.24, 2.45) is 0 Å². The minimum Gasteiger partial charge on any atom is -0.495 e. The van der Waals surface area contributed by atoms with E-state index in [9.17, 15) is 21.6 Å². The predicted octanol–water partition coefficient (Wildman–Crippen LogP) is 4.71. The van der Waals surface area contributed by atoms with Crippen molar-refractivity contribution in [2.45, 2.75) is 4.90 Å². The van der Waals surface area contributed by atoms with Gasteiger partial charge in [-0.15, -0.1) is 0 Å². The third-order valence-electron chi connectivity index (χ3n) is 5.58. The Bertz CT molecular complexity index is 1700. The Morgan fingerprint density at radius 1 is 0.921 bits per heavy atom. The van der Waals surface area contributed by atoms with Crippen molar-refractivity contribution >= 4 is 65.4 Å². The summed E-state index contributed by atoms with van der Waals surface area (Å²) in [7, 11) is -6.42. The number of ether oxygens (including phenoxy) is 1. The number of anilines is 3. The van der Waals surface area contributed by atoms with E-state index in [-0.39, 0.29) is 27.0 Å². The van der Waals surface area contributed by atoms with Gasteiger partial charge in [-0.3, -0.25) is 13.8 Å². The summed E-state index contributed by atoms with van der Waals surface area (Å²) < 4.78 is 59.6. The van der Waals surface area contributed by atoms with E-state index >= 15 is 0 Å². The van der Waals surface area contributed by atoms with Gasteiger partial charge >= 0.3 is 0 Å². The highest BCUT2D eigenvalue weighted by Crippen LogP contribution is 2.33. The third-order valence-corrected chi connectivity index (χ3v) is 8.32. The molecular weight excluding hydrogens is 550 g/mol. The molecule has 0 aliphatic heterocycles. The highest BCUT2D eigenvalue weighted by molar-refractivity contribution is 7.92. The van der Waals surface area contributed by atoms with Gasteiger partial charge in [0.25, 0.3) is 10.0 Å². The molecule has 0 heterocycles. The number of nitrogens with one attached hydrogen (secondary N) is 2. The lowest BCUT2D eigenvalue weighted by Gasteiger charge is -2.24. The van der Waals surface area contributed by atoms with E-state index in [0.717, 1.165) is 21.3 Å². The first-order chi connectivity index (χ1) is 18.0. The van der Waals surface area contributed by atoms with Crippen LogP contribution in [0.25, 0.3) is 10.8 Å². The van der Waals surface area contributed by atoms with E-state index < -0.39 is 32.5 Å². The summed E-state index contributed by atoms with van der Waals surface area (Å²) in [6.07, 6.45) is 0.962. The van der Waals surface area contributed by atoms with Crippen molar-refractivity contribution in [1.82, 2.24) is 0 Å². The Morgan fingerprint density at radius 2 is 1.61 bits per heavy atom. The minimum absolute atomic E-state index is 0.00939. The molecule has 0 radical (unpaired) electrons. The number of carbonyl (C=O) groups excluding carboxylic acids is 1. The van der Waals surface area contributed by atoms with E-state index in [0.29, 0.717) is 5.69 Å². The van der Waals surface area contributed by atoms with Crippen molar-refractivity contribution in [3.63, 3.8) is 0 Å². The fourth-order valence-corrected chi connectivity index (χ4v) is 5.90. The van der Waals surface area contributed by atoms with Crippen LogP contribution in [-0.4, -0.2) is 42.7 Å². The van der Waals surface area contributed by atoms with Crippen LogP contribution >= 0.6 is 11.6 Å².